The summed E-state index contributed by atoms with van der Waals surface area (Å²) in [5.41, 5.74) is -3.39. The molecular weight excluding hydrogens is 356 g/mol. The number of aliphatic hydroxyl groups is 2. The van der Waals surface area contributed by atoms with E-state index < -0.39 is 52.9 Å². The van der Waals surface area contributed by atoms with Crippen molar-refractivity contribution in [2.24, 2.45) is 16.7 Å². The van der Waals surface area contributed by atoms with Crippen molar-refractivity contribution in [3.8, 4) is 0 Å². The van der Waals surface area contributed by atoms with Crippen molar-refractivity contribution < 1.29 is 38.7 Å². The Morgan fingerprint density at radius 2 is 2.00 bits per heavy atom. The smallest absolute Gasteiger partial charge is 0.331 e. The van der Waals surface area contributed by atoms with Gasteiger partial charge in [-0.1, -0.05) is 6.92 Å². The molecule has 0 aromatic carbocycles. The van der Waals surface area contributed by atoms with Crippen LogP contribution < -0.4 is 0 Å². The predicted molar refractivity (Wildman–Crippen MR) is 86.1 cm³/mol. The Bertz CT molecular complexity index is 834. The summed E-state index contributed by atoms with van der Waals surface area (Å²) < 4.78 is 23.2. The maximum Gasteiger partial charge on any atom is 0.331 e. The topological polar surface area (TPSA) is 118 Å². The molecule has 8 heteroatoms. The molecule has 5 fully saturated rings. The molecule has 4 heterocycles. The van der Waals surface area contributed by atoms with E-state index in [0.29, 0.717) is 6.42 Å². The quantitative estimate of drug-likeness (QED) is 0.486. The first kappa shape index (κ1) is 16.5. The van der Waals surface area contributed by atoms with Gasteiger partial charge in [0.15, 0.2) is 11.7 Å². The molecule has 6 rings (SSSR count). The van der Waals surface area contributed by atoms with Crippen molar-refractivity contribution >= 4 is 11.9 Å². The average molecular weight is 378 g/mol. The second-order valence-corrected chi connectivity index (χ2v) is 9.57. The van der Waals surface area contributed by atoms with Crippen LogP contribution in [0.25, 0.3) is 0 Å². The van der Waals surface area contributed by atoms with Crippen LogP contribution in [-0.4, -0.2) is 70.5 Å². The van der Waals surface area contributed by atoms with Gasteiger partial charge >= 0.3 is 11.9 Å². The van der Waals surface area contributed by atoms with Gasteiger partial charge in [-0.25, -0.2) is 4.79 Å². The lowest BCUT2D eigenvalue weighted by Crippen LogP contribution is -2.65. The summed E-state index contributed by atoms with van der Waals surface area (Å²) in [6.07, 6.45) is -0.212. The van der Waals surface area contributed by atoms with E-state index >= 15 is 0 Å². The summed E-state index contributed by atoms with van der Waals surface area (Å²) in [6.45, 7) is 4.74. The van der Waals surface area contributed by atoms with Gasteiger partial charge in [0.05, 0.1) is 12.7 Å². The number of carbonyl (C=O) groups is 2. The number of carbonyl (C=O) groups excluding carboxylic acids is 2. The van der Waals surface area contributed by atoms with Crippen molar-refractivity contribution in [1.29, 1.82) is 0 Å². The normalized spacial score (nSPS) is 58.5. The SMILES string of the molecule is CC(O)(CO)[C@H]1OC(=O)C=C2C3(C)C[C@@H]4O[C@@H]4[C@]4(C)C(=O)OC(C5O[C@@]251)[C@H]34. The molecule has 2 N–H and O–H groups in total. The number of epoxide rings is 2. The number of aliphatic hydroxyl groups excluding tert-OH is 1. The first-order valence-electron chi connectivity index (χ1n) is 9.41. The van der Waals surface area contributed by atoms with Crippen molar-refractivity contribution in [3.63, 3.8) is 0 Å². The zero-order chi connectivity index (χ0) is 19.1. The minimum Gasteiger partial charge on any atom is -0.459 e. The van der Waals surface area contributed by atoms with E-state index in [2.05, 4.69) is 0 Å². The lowest BCUT2D eigenvalue weighted by atomic mass is 9.47. The molecule has 3 saturated heterocycles. The summed E-state index contributed by atoms with van der Waals surface area (Å²) in [5.74, 6) is -1.05. The minimum atomic E-state index is -1.69. The van der Waals surface area contributed by atoms with Crippen LogP contribution in [0.15, 0.2) is 11.6 Å². The third kappa shape index (κ3) is 1.55. The molecule has 27 heavy (non-hydrogen) atoms. The first-order chi connectivity index (χ1) is 12.6. The highest BCUT2D eigenvalue weighted by molar-refractivity contribution is 5.87. The fraction of sp³-hybridized carbons (Fsp3) is 0.789. The van der Waals surface area contributed by atoms with Gasteiger partial charge in [0.1, 0.15) is 29.3 Å². The third-order valence-electron chi connectivity index (χ3n) is 7.94. The Hall–Kier alpha value is -1.48. The number of hydrogen-bond acceptors (Lipinski definition) is 8. The molecule has 0 bridgehead atoms. The van der Waals surface area contributed by atoms with Crippen LogP contribution in [-0.2, 0) is 28.5 Å². The second-order valence-electron chi connectivity index (χ2n) is 9.57. The maximum absolute atomic E-state index is 12.9. The fourth-order valence-electron chi connectivity index (χ4n) is 6.80. The lowest BCUT2D eigenvalue weighted by Gasteiger charge is -2.53. The average Bonchev–Trinajstić information content (AvgIpc) is 3.49. The molecule has 146 valence electrons. The highest BCUT2D eigenvalue weighted by Gasteiger charge is 2.87. The van der Waals surface area contributed by atoms with Gasteiger partial charge in [-0.3, -0.25) is 4.79 Å². The molecule has 0 aromatic rings. The third-order valence-corrected chi connectivity index (χ3v) is 7.94. The number of esters is 2. The minimum absolute atomic E-state index is 0.0643. The number of hydrogen-bond donors (Lipinski definition) is 2. The molecule has 8 nitrogen and oxygen atoms in total. The summed E-state index contributed by atoms with van der Waals surface area (Å²) >= 11 is 0. The maximum atomic E-state index is 12.9. The Balaban J connectivity index is 1.56. The lowest BCUT2D eigenvalue weighted by molar-refractivity contribution is -0.178. The zero-order valence-corrected chi connectivity index (χ0v) is 15.3. The highest BCUT2D eigenvalue weighted by atomic mass is 16.7. The van der Waals surface area contributed by atoms with Gasteiger partial charge in [-0.15, -0.1) is 0 Å². The Morgan fingerprint density at radius 1 is 1.26 bits per heavy atom. The highest BCUT2D eigenvalue weighted by Crippen LogP contribution is 2.75. The van der Waals surface area contributed by atoms with Crippen LogP contribution in [0.3, 0.4) is 0 Å². The van der Waals surface area contributed by atoms with Crippen molar-refractivity contribution in [1.82, 2.24) is 0 Å². The van der Waals surface area contributed by atoms with E-state index in [9.17, 15) is 19.8 Å². The molecule has 4 aliphatic heterocycles. The zero-order valence-electron chi connectivity index (χ0n) is 15.3. The van der Waals surface area contributed by atoms with Gasteiger partial charge in [0.2, 0.25) is 0 Å². The molecule has 6 aliphatic rings. The molecule has 0 amide bonds. The van der Waals surface area contributed by atoms with Crippen LogP contribution >= 0.6 is 0 Å². The van der Waals surface area contributed by atoms with Crippen LogP contribution in [0.1, 0.15) is 27.2 Å². The van der Waals surface area contributed by atoms with Crippen molar-refractivity contribution in [3.05, 3.63) is 11.6 Å². The Kier molecular flexibility index (Phi) is 2.59. The van der Waals surface area contributed by atoms with Crippen LogP contribution in [0, 0.1) is 16.7 Å². The molecule has 2 saturated carbocycles. The van der Waals surface area contributed by atoms with E-state index in [0.717, 1.165) is 5.57 Å². The van der Waals surface area contributed by atoms with E-state index in [1.807, 2.05) is 13.8 Å². The molecule has 2 aliphatic carbocycles. The van der Waals surface area contributed by atoms with Gasteiger partial charge in [0, 0.05) is 17.4 Å². The van der Waals surface area contributed by atoms with Crippen LogP contribution in [0.5, 0.6) is 0 Å². The standard InChI is InChI=1S/C19H22O8/c1-16-5-7-12(24-7)18(3)11(16)10(26-15(18)22)13-19(27-13)8(16)4-9(21)25-14(19)17(2,23)6-20/h4,7,10-14,20,23H,5-6H2,1-3H3/t7-,10?,11+,12-,13?,14+,16?,17?,18+,19-/m0/s1. The fourth-order valence-corrected chi connectivity index (χ4v) is 6.80. The number of ether oxygens (including phenoxy) is 4. The first-order valence-corrected chi connectivity index (χ1v) is 9.41. The monoisotopic (exact) mass is 378 g/mol. The summed E-state index contributed by atoms with van der Waals surface area (Å²) in [5, 5.41) is 20.4. The van der Waals surface area contributed by atoms with E-state index in [4.69, 9.17) is 18.9 Å². The van der Waals surface area contributed by atoms with Gasteiger partial charge in [-0.2, -0.15) is 0 Å². The summed E-state index contributed by atoms with van der Waals surface area (Å²) in [6, 6.07) is 0. The molecule has 0 aromatic heterocycles. The van der Waals surface area contributed by atoms with Crippen molar-refractivity contribution in [2.75, 3.05) is 6.61 Å². The van der Waals surface area contributed by atoms with Crippen LogP contribution in [0.2, 0.25) is 0 Å². The molecular formula is C19H22O8. The molecule has 4 unspecified atom stereocenters. The number of rotatable bonds is 2. The summed E-state index contributed by atoms with van der Waals surface area (Å²) in [4.78, 5) is 25.3. The van der Waals surface area contributed by atoms with Crippen molar-refractivity contribution in [2.45, 2.75) is 68.9 Å². The largest absolute Gasteiger partial charge is 0.459 e. The Morgan fingerprint density at radius 3 is 2.70 bits per heavy atom. The molecule has 0 radical (unpaired) electrons. The number of cyclic esters (lactones) is 1. The molecule has 10 atom stereocenters. The van der Waals surface area contributed by atoms with Gasteiger partial charge in [0.25, 0.3) is 0 Å². The van der Waals surface area contributed by atoms with E-state index in [1.165, 1.54) is 13.0 Å². The van der Waals surface area contributed by atoms with E-state index in [1.54, 1.807) is 0 Å². The van der Waals surface area contributed by atoms with Gasteiger partial charge in [-0.05, 0) is 25.8 Å². The predicted octanol–water partition coefficient (Wildman–Crippen LogP) is -0.542. The van der Waals surface area contributed by atoms with E-state index in [-0.39, 0.29) is 24.1 Å². The Labute approximate surface area is 155 Å². The number of fused-ring (bicyclic) bond motifs is 4. The van der Waals surface area contributed by atoms with Gasteiger partial charge < -0.3 is 29.2 Å². The second kappa shape index (κ2) is 4.25. The molecule has 1 spiro atoms. The van der Waals surface area contributed by atoms with Crippen LogP contribution in [0.4, 0.5) is 0 Å². The summed E-state index contributed by atoms with van der Waals surface area (Å²) in [7, 11) is 0.